The van der Waals surface area contributed by atoms with Crippen molar-refractivity contribution in [2.75, 3.05) is 0 Å². The molecule has 0 aliphatic rings. The summed E-state index contributed by atoms with van der Waals surface area (Å²) in [5.74, 6) is 15.1. The van der Waals surface area contributed by atoms with Crippen molar-refractivity contribution >= 4 is 17.9 Å². The number of hydrogen-bond donors (Lipinski definition) is 4. The van der Waals surface area contributed by atoms with Gasteiger partial charge in [0.05, 0.1) is 12.8 Å². The molecule has 0 aromatic carbocycles. The predicted octanol–water partition coefficient (Wildman–Crippen LogP) is -3.36. The summed E-state index contributed by atoms with van der Waals surface area (Å²) in [5, 5.41) is 0. The molecular formula is C6H12N4O7Zr. The molecule has 0 aromatic rings. The van der Waals surface area contributed by atoms with Crippen molar-refractivity contribution in [3.8, 4) is 0 Å². The van der Waals surface area contributed by atoms with Crippen molar-refractivity contribution in [3.63, 3.8) is 0 Å². The van der Waals surface area contributed by atoms with Crippen molar-refractivity contribution in [1.82, 2.24) is 0 Å². The van der Waals surface area contributed by atoms with Crippen LogP contribution in [0.25, 0.3) is 0 Å². The number of hydrogen-bond acceptors (Lipinski definition) is 11. The normalized spacial score (nSPS) is 10.0. The van der Waals surface area contributed by atoms with Gasteiger partial charge in [0.1, 0.15) is 0 Å². The molecule has 0 saturated carbocycles. The third-order valence-corrected chi connectivity index (χ3v) is 1.83. The second kappa shape index (κ2) is 9.08. The Morgan fingerprint density at radius 1 is 0.833 bits per heavy atom. The minimum absolute atomic E-state index is 0. The third-order valence-electron chi connectivity index (χ3n) is 1.83. The van der Waals surface area contributed by atoms with Gasteiger partial charge >= 0.3 is 17.9 Å². The summed E-state index contributed by atoms with van der Waals surface area (Å²) in [6.45, 7) is 0. The predicted molar refractivity (Wildman–Crippen MR) is 48.1 cm³/mol. The fourth-order valence-electron chi connectivity index (χ4n) is 0.995. The number of carbonyl (C=O) groups is 3. The molecule has 12 heteroatoms. The van der Waals surface area contributed by atoms with Crippen LogP contribution < -0.4 is 23.6 Å². The molecular weight excluding hydrogens is 331 g/mol. The van der Waals surface area contributed by atoms with E-state index in [4.69, 9.17) is 5.90 Å². The zero-order valence-electron chi connectivity index (χ0n) is 9.08. The van der Waals surface area contributed by atoms with Crippen LogP contribution in [0.4, 0.5) is 0 Å². The molecule has 0 amide bonds. The zero-order chi connectivity index (χ0) is 13.5. The first-order valence-corrected chi connectivity index (χ1v) is 4.04. The molecule has 0 atom stereocenters. The van der Waals surface area contributed by atoms with Crippen LogP contribution in [-0.2, 0) is 59.9 Å². The maximum atomic E-state index is 11.3. The Morgan fingerprint density at radius 2 is 1.22 bits per heavy atom. The summed E-state index contributed by atoms with van der Waals surface area (Å²) < 4.78 is 0. The Morgan fingerprint density at radius 3 is 1.44 bits per heavy atom. The molecule has 0 saturated heterocycles. The second-order valence-electron chi connectivity index (χ2n) is 2.85. The van der Waals surface area contributed by atoms with E-state index in [2.05, 4.69) is 37.0 Å². The molecule has 18 heavy (non-hydrogen) atoms. The summed E-state index contributed by atoms with van der Waals surface area (Å²) in [4.78, 5) is 49.0. The van der Waals surface area contributed by atoms with E-state index in [1.165, 1.54) is 0 Å². The van der Waals surface area contributed by atoms with Crippen LogP contribution in [0.1, 0.15) is 12.8 Å². The maximum absolute atomic E-state index is 11.3. The van der Waals surface area contributed by atoms with E-state index >= 15 is 0 Å². The molecule has 102 valence electrons. The first-order valence-electron chi connectivity index (χ1n) is 4.04. The summed E-state index contributed by atoms with van der Waals surface area (Å²) in [7, 11) is 0. The van der Waals surface area contributed by atoms with Gasteiger partial charge in [0.15, 0.2) is 0 Å². The van der Waals surface area contributed by atoms with Crippen LogP contribution in [0, 0.1) is 0 Å². The van der Waals surface area contributed by atoms with E-state index in [9.17, 15) is 14.4 Å². The van der Waals surface area contributed by atoms with E-state index in [-0.39, 0.29) is 26.2 Å². The first-order chi connectivity index (χ1) is 7.95. The van der Waals surface area contributed by atoms with E-state index in [1.807, 2.05) is 0 Å². The van der Waals surface area contributed by atoms with Gasteiger partial charge in [-0.25, -0.2) is 10.7 Å². The minimum Gasteiger partial charge on any atom is -0.373 e. The SMILES string of the molecule is NOC(=O)CC(CC(=O)ON)(ON)C(=O)ON.[Zr]. The monoisotopic (exact) mass is 342 g/mol. The van der Waals surface area contributed by atoms with Crippen LogP contribution in [0.5, 0.6) is 0 Å². The van der Waals surface area contributed by atoms with Gasteiger partial charge in [-0.15, -0.1) is 0 Å². The van der Waals surface area contributed by atoms with Gasteiger partial charge in [0.2, 0.25) is 5.60 Å². The molecule has 0 aliphatic carbocycles. The molecule has 0 radical (unpaired) electrons. The van der Waals surface area contributed by atoms with Crippen molar-refractivity contribution in [3.05, 3.63) is 0 Å². The summed E-state index contributed by atoms with van der Waals surface area (Å²) >= 11 is 0. The van der Waals surface area contributed by atoms with Crippen LogP contribution >= 0.6 is 0 Å². The molecule has 0 aromatic heterocycles. The van der Waals surface area contributed by atoms with Gasteiger partial charge in [0, 0.05) is 26.2 Å². The molecule has 0 unspecified atom stereocenters. The Balaban J connectivity index is 0. The van der Waals surface area contributed by atoms with E-state index in [0.717, 1.165) is 0 Å². The minimum atomic E-state index is -2.22. The molecule has 0 spiro atoms. The second-order valence-corrected chi connectivity index (χ2v) is 2.85. The van der Waals surface area contributed by atoms with Crippen LogP contribution in [0.3, 0.4) is 0 Å². The smallest absolute Gasteiger partial charge is 0.360 e. The largest absolute Gasteiger partial charge is 0.373 e. The van der Waals surface area contributed by atoms with Gasteiger partial charge in [-0.3, -0.25) is 14.4 Å². The first kappa shape index (κ1) is 19.4. The van der Waals surface area contributed by atoms with Crippen LogP contribution in [0.2, 0.25) is 0 Å². The summed E-state index contributed by atoms with van der Waals surface area (Å²) in [6.07, 6.45) is -1.63. The van der Waals surface area contributed by atoms with Crippen LogP contribution in [0.15, 0.2) is 0 Å². The zero-order valence-corrected chi connectivity index (χ0v) is 11.5. The Hall–Kier alpha value is -0.907. The molecule has 11 nitrogen and oxygen atoms in total. The van der Waals surface area contributed by atoms with E-state index < -0.39 is 36.4 Å². The van der Waals surface area contributed by atoms with Gasteiger partial charge < -0.3 is 14.5 Å². The standard InChI is InChI=1S/C6H12N4O7.Zr/c7-14-3(11)1-6(17-10,5(13)16-9)2-4(12)15-8;/h1-2,7-10H2;. The third kappa shape index (κ3) is 5.16. The van der Waals surface area contributed by atoms with Crippen molar-refractivity contribution in [1.29, 1.82) is 0 Å². The number of nitrogens with two attached hydrogens (primary N) is 4. The summed E-state index contributed by atoms with van der Waals surface area (Å²) in [6, 6.07) is 0. The number of carbonyl (C=O) groups excluding carboxylic acids is 3. The van der Waals surface area contributed by atoms with Crippen molar-refractivity contribution in [2.24, 2.45) is 23.6 Å². The summed E-state index contributed by atoms with van der Waals surface area (Å²) in [5.41, 5.74) is -2.22. The van der Waals surface area contributed by atoms with Gasteiger partial charge in [-0.1, -0.05) is 0 Å². The number of rotatable bonds is 6. The van der Waals surface area contributed by atoms with Crippen LogP contribution in [-0.4, -0.2) is 23.5 Å². The maximum Gasteiger partial charge on any atom is 0.360 e. The Labute approximate surface area is 120 Å². The molecule has 0 bridgehead atoms. The Kier molecular flexibility index (Phi) is 9.80. The fourth-order valence-corrected chi connectivity index (χ4v) is 0.995. The van der Waals surface area contributed by atoms with E-state index in [1.54, 1.807) is 0 Å². The molecule has 8 N–H and O–H groups in total. The topological polar surface area (TPSA) is 192 Å². The molecule has 0 fully saturated rings. The average Bonchev–Trinajstić information content (AvgIpc) is 2.36. The Bertz CT molecular complexity index is 294. The van der Waals surface area contributed by atoms with Gasteiger partial charge in [0.25, 0.3) is 0 Å². The average molecular weight is 343 g/mol. The van der Waals surface area contributed by atoms with Crippen molar-refractivity contribution < 1.29 is 59.9 Å². The quantitative estimate of drug-likeness (QED) is 0.352. The molecule has 0 heterocycles. The molecule has 0 rings (SSSR count). The fraction of sp³-hybridized carbons (Fsp3) is 0.500. The van der Waals surface area contributed by atoms with Crippen molar-refractivity contribution in [2.45, 2.75) is 18.4 Å². The molecule has 0 aliphatic heterocycles. The van der Waals surface area contributed by atoms with Gasteiger partial charge in [-0.2, -0.15) is 17.7 Å². The van der Waals surface area contributed by atoms with Gasteiger partial charge in [-0.05, 0) is 0 Å². The van der Waals surface area contributed by atoms with E-state index in [0.29, 0.717) is 0 Å².